The summed E-state index contributed by atoms with van der Waals surface area (Å²) >= 11 is 6.08. The van der Waals surface area contributed by atoms with Crippen molar-refractivity contribution in [2.24, 2.45) is 0 Å². The van der Waals surface area contributed by atoms with Crippen LogP contribution in [0.1, 0.15) is 5.56 Å². The van der Waals surface area contributed by atoms with Crippen LogP contribution in [0.25, 0.3) is 0 Å². The number of anilines is 2. The lowest BCUT2D eigenvalue weighted by molar-refractivity contribution is -0.119. The van der Waals surface area contributed by atoms with Crippen LogP contribution in [0.15, 0.2) is 42.5 Å². The molecule has 7 heteroatoms. The molecule has 0 radical (unpaired) electrons. The van der Waals surface area contributed by atoms with Gasteiger partial charge in [-0.05, 0) is 42.8 Å². The second-order valence-electron chi connectivity index (χ2n) is 5.33. The van der Waals surface area contributed by atoms with Crippen LogP contribution in [0.4, 0.5) is 11.4 Å². The van der Waals surface area contributed by atoms with Gasteiger partial charge in [-0.3, -0.25) is 9.59 Å². The Hall–Kier alpha value is -2.57. The third-order valence-corrected chi connectivity index (χ3v) is 3.49. The lowest BCUT2D eigenvalue weighted by Crippen LogP contribution is -2.21. The lowest BCUT2D eigenvalue weighted by Gasteiger charge is -2.11. The minimum absolute atomic E-state index is 0.0609. The van der Waals surface area contributed by atoms with Gasteiger partial charge < -0.3 is 20.1 Å². The summed E-state index contributed by atoms with van der Waals surface area (Å²) in [7, 11) is 1.43. The van der Waals surface area contributed by atoms with Crippen LogP contribution in [0.2, 0.25) is 5.02 Å². The molecule has 2 rings (SSSR count). The van der Waals surface area contributed by atoms with Gasteiger partial charge in [0.05, 0.1) is 10.7 Å². The molecule has 0 aliphatic carbocycles. The van der Waals surface area contributed by atoms with E-state index in [9.17, 15) is 9.59 Å². The van der Waals surface area contributed by atoms with E-state index < -0.39 is 0 Å². The maximum atomic E-state index is 12.1. The number of carbonyl (C=O) groups is 2. The molecule has 0 aliphatic heterocycles. The molecule has 0 atom stereocenters. The molecule has 6 nitrogen and oxygen atoms in total. The van der Waals surface area contributed by atoms with Crippen LogP contribution in [0, 0.1) is 6.92 Å². The topological polar surface area (TPSA) is 76.7 Å². The molecule has 132 valence electrons. The zero-order valence-corrected chi connectivity index (χ0v) is 14.7. The van der Waals surface area contributed by atoms with Gasteiger partial charge in [0.2, 0.25) is 5.91 Å². The van der Waals surface area contributed by atoms with E-state index in [1.807, 2.05) is 25.1 Å². The third-order valence-electron chi connectivity index (χ3n) is 3.16. The summed E-state index contributed by atoms with van der Waals surface area (Å²) in [6.45, 7) is 1.73. The molecule has 2 amide bonds. The normalized spacial score (nSPS) is 10.2. The smallest absolute Gasteiger partial charge is 0.262 e. The summed E-state index contributed by atoms with van der Waals surface area (Å²) in [5.74, 6) is -0.0459. The quantitative estimate of drug-likeness (QED) is 0.792. The maximum absolute atomic E-state index is 12.1. The van der Waals surface area contributed by atoms with Crippen molar-refractivity contribution in [2.45, 2.75) is 6.92 Å². The predicted octanol–water partition coefficient (Wildman–Crippen LogP) is 3.25. The summed E-state index contributed by atoms with van der Waals surface area (Å²) in [5, 5.41) is 5.66. The van der Waals surface area contributed by atoms with Crippen molar-refractivity contribution in [1.82, 2.24) is 0 Å². The fourth-order valence-electron chi connectivity index (χ4n) is 2.07. The lowest BCUT2D eigenvalue weighted by atomic mass is 10.2. The summed E-state index contributed by atoms with van der Waals surface area (Å²) in [6.07, 6.45) is 0. The summed E-state index contributed by atoms with van der Waals surface area (Å²) < 4.78 is 10.2. The molecule has 0 saturated carbocycles. The number of nitrogens with one attached hydrogen (secondary N) is 2. The average molecular weight is 363 g/mol. The van der Waals surface area contributed by atoms with Crippen LogP contribution < -0.4 is 15.4 Å². The van der Waals surface area contributed by atoms with Gasteiger partial charge >= 0.3 is 0 Å². The Morgan fingerprint density at radius 2 is 1.80 bits per heavy atom. The second-order valence-corrected chi connectivity index (χ2v) is 5.74. The van der Waals surface area contributed by atoms with Gasteiger partial charge in [-0.15, -0.1) is 0 Å². The van der Waals surface area contributed by atoms with E-state index in [4.69, 9.17) is 21.1 Å². The Bertz CT molecular complexity index is 764. The highest BCUT2D eigenvalue weighted by atomic mass is 35.5. The van der Waals surface area contributed by atoms with Crippen LogP contribution in [0.5, 0.6) is 5.75 Å². The number of rotatable bonds is 7. The number of amides is 2. The van der Waals surface area contributed by atoms with E-state index >= 15 is 0 Å². The average Bonchev–Trinajstić information content (AvgIpc) is 2.56. The maximum Gasteiger partial charge on any atom is 0.262 e. The van der Waals surface area contributed by atoms with Crippen molar-refractivity contribution in [3.63, 3.8) is 0 Å². The van der Waals surface area contributed by atoms with Crippen molar-refractivity contribution >= 4 is 34.8 Å². The van der Waals surface area contributed by atoms with E-state index in [0.717, 1.165) is 5.56 Å². The molecule has 25 heavy (non-hydrogen) atoms. The van der Waals surface area contributed by atoms with E-state index in [0.29, 0.717) is 22.1 Å². The standard InChI is InChI=1S/C18H19ClN2O4/c1-12-4-3-5-14(8-12)25-11-18(23)21-16-9-13(6-7-15(16)19)20-17(22)10-24-2/h3-9H,10-11H2,1-2H3,(H,20,22)(H,21,23). The van der Waals surface area contributed by atoms with E-state index in [1.54, 1.807) is 24.3 Å². The number of hydrogen-bond donors (Lipinski definition) is 2. The predicted molar refractivity (Wildman–Crippen MR) is 97.3 cm³/mol. The molecule has 2 aromatic carbocycles. The number of methoxy groups -OCH3 is 1. The molecular weight excluding hydrogens is 344 g/mol. The highest BCUT2D eigenvalue weighted by Gasteiger charge is 2.09. The van der Waals surface area contributed by atoms with Gasteiger partial charge in [0.1, 0.15) is 12.4 Å². The van der Waals surface area contributed by atoms with Crippen LogP contribution in [0.3, 0.4) is 0 Å². The molecule has 2 aromatic rings. The molecule has 0 bridgehead atoms. The molecule has 0 aromatic heterocycles. The van der Waals surface area contributed by atoms with Gasteiger partial charge in [0, 0.05) is 12.8 Å². The molecular formula is C18H19ClN2O4. The number of carbonyl (C=O) groups excluding carboxylic acids is 2. The first-order valence-corrected chi connectivity index (χ1v) is 7.93. The fourth-order valence-corrected chi connectivity index (χ4v) is 2.23. The highest BCUT2D eigenvalue weighted by Crippen LogP contribution is 2.25. The summed E-state index contributed by atoms with van der Waals surface area (Å²) in [4.78, 5) is 23.6. The van der Waals surface area contributed by atoms with Crippen LogP contribution in [-0.2, 0) is 14.3 Å². The summed E-state index contributed by atoms with van der Waals surface area (Å²) in [5.41, 5.74) is 1.93. The molecule has 0 saturated heterocycles. The number of benzene rings is 2. The second kappa shape index (κ2) is 9.05. The Morgan fingerprint density at radius 1 is 1.04 bits per heavy atom. The van der Waals surface area contributed by atoms with Crippen molar-refractivity contribution in [3.8, 4) is 5.75 Å². The minimum Gasteiger partial charge on any atom is -0.484 e. The first kappa shape index (κ1) is 18.8. The van der Waals surface area contributed by atoms with Gasteiger partial charge in [0.25, 0.3) is 5.91 Å². The molecule has 0 aliphatic rings. The first-order chi connectivity index (χ1) is 12.0. The molecule has 0 unspecified atom stereocenters. The van der Waals surface area contributed by atoms with Crippen LogP contribution >= 0.6 is 11.6 Å². The third kappa shape index (κ3) is 6.10. The number of halogens is 1. The molecule has 0 fully saturated rings. The van der Waals surface area contributed by atoms with Crippen LogP contribution in [-0.4, -0.2) is 32.1 Å². The Kier molecular flexibility index (Phi) is 6.80. The fraction of sp³-hybridized carbons (Fsp3) is 0.222. The number of ether oxygens (including phenoxy) is 2. The van der Waals surface area contributed by atoms with Gasteiger partial charge in [0.15, 0.2) is 6.61 Å². The molecule has 0 spiro atoms. The van der Waals surface area contributed by atoms with Crippen molar-refractivity contribution in [1.29, 1.82) is 0 Å². The van der Waals surface area contributed by atoms with Gasteiger partial charge in [-0.25, -0.2) is 0 Å². The highest BCUT2D eigenvalue weighted by molar-refractivity contribution is 6.33. The zero-order valence-electron chi connectivity index (χ0n) is 14.0. The minimum atomic E-state index is -0.358. The first-order valence-electron chi connectivity index (χ1n) is 7.55. The molecule has 2 N–H and O–H groups in total. The Balaban J connectivity index is 1.96. The summed E-state index contributed by atoms with van der Waals surface area (Å²) in [6, 6.07) is 12.2. The Labute approximate surface area is 151 Å². The van der Waals surface area contributed by atoms with E-state index in [1.165, 1.54) is 7.11 Å². The van der Waals surface area contributed by atoms with Gasteiger partial charge in [-0.1, -0.05) is 23.7 Å². The van der Waals surface area contributed by atoms with Crippen molar-refractivity contribution in [3.05, 3.63) is 53.1 Å². The Morgan fingerprint density at radius 3 is 2.52 bits per heavy atom. The molecule has 0 heterocycles. The monoisotopic (exact) mass is 362 g/mol. The van der Waals surface area contributed by atoms with E-state index in [2.05, 4.69) is 10.6 Å². The SMILES string of the molecule is COCC(=O)Nc1ccc(Cl)c(NC(=O)COc2cccc(C)c2)c1. The van der Waals surface area contributed by atoms with Crippen molar-refractivity contribution in [2.75, 3.05) is 31.0 Å². The van der Waals surface area contributed by atoms with Gasteiger partial charge in [-0.2, -0.15) is 0 Å². The number of hydrogen-bond acceptors (Lipinski definition) is 4. The zero-order chi connectivity index (χ0) is 18.2. The largest absolute Gasteiger partial charge is 0.484 e. The van der Waals surface area contributed by atoms with E-state index in [-0.39, 0.29) is 25.0 Å². The van der Waals surface area contributed by atoms with Crippen molar-refractivity contribution < 1.29 is 19.1 Å². The number of aryl methyl sites for hydroxylation is 1.